The lowest BCUT2D eigenvalue weighted by molar-refractivity contribution is -0.132. The zero-order chi connectivity index (χ0) is 15.9. The SMILES string of the molecule is C[C@@H]1CNCCN1CC(=O)N(C)CCOc1ccc(Cl)cc1.Cl. The predicted molar refractivity (Wildman–Crippen MR) is 95.7 cm³/mol. The Kier molecular flexibility index (Phi) is 8.69. The Morgan fingerprint density at radius 3 is 2.78 bits per heavy atom. The standard InChI is InChI=1S/C16H24ClN3O2.ClH/c1-13-11-18-7-8-20(13)12-16(21)19(2)9-10-22-15-5-3-14(17)4-6-15;/h3-6,13,18H,7-12H2,1-2H3;1H/t13-;/m1./s1. The Morgan fingerprint density at radius 1 is 1.43 bits per heavy atom. The van der Waals surface area contributed by atoms with Gasteiger partial charge in [-0.05, 0) is 31.2 Å². The molecule has 2 rings (SSSR count). The van der Waals surface area contributed by atoms with Gasteiger partial charge in [0.1, 0.15) is 12.4 Å². The van der Waals surface area contributed by atoms with Crippen LogP contribution in [0.4, 0.5) is 0 Å². The van der Waals surface area contributed by atoms with E-state index in [1.165, 1.54) is 0 Å². The number of benzene rings is 1. The lowest BCUT2D eigenvalue weighted by atomic mass is 10.2. The Hall–Kier alpha value is -1.01. The van der Waals surface area contributed by atoms with Crippen molar-refractivity contribution in [3.8, 4) is 5.75 Å². The number of hydrogen-bond acceptors (Lipinski definition) is 4. The van der Waals surface area contributed by atoms with Crippen molar-refractivity contribution in [2.24, 2.45) is 0 Å². The summed E-state index contributed by atoms with van der Waals surface area (Å²) in [6.07, 6.45) is 0. The van der Waals surface area contributed by atoms with E-state index in [1.54, 1.807) is 17.0 Å². The van der Waals surface area contributed by atoms with Crippen LogP contribution in [0, 0.1) is 0 Å². The summed E-state index contributed by atoms with van der Waals surface area (Å²) in [5, 5.41) is 4.01. The highest BCUT2D eigenvalue weighted by Gasteiger charge is 2.21. The van der Waals surface area contributed by atoms with Crippen LogP contribution in [0.2, 0.25) is 5.02 Å². The predicted octanol–water partition coefficient (Wildman–Crippen LogP) is 1.89. The Bertz CT molecular complexity index is 485. The minimum absolute atomic E-state index is 0. The van der Waals surface area contributed by atoms with Crippen LogP contribution in [0.3, 0.4) is 0 Å². The molecule has 1 aromatic rings. The summed E-state index contributed by atoms with van der Waals surface area (Å²) in [7, 11) is 1.82. The van der Waals surface area contributed by atoms with Crippen molar-refractivity contribution in [2.75, 3.05) is 46.4 Å². The van der Waals surface area contributed by atoms with Gasteiger partial charge < -0.3 is 15.0 Å². The largest absolute Gasteiger partial charge is 0.492 e. The van der Waals surface area contributed by atoms with Crippen LogP contribution in [0.5, 0.6) is 5.75 Å². The minimum Gasteiger partial charge on any atom is -0.492 e. The average Bonchev–Trinajstić information content (AvgIpc) is 2.51. The molecule has 1 fully saturated rings. The molecule has 130 valence electrons. The van der Waals surface area contributed by atoms with Crippen LogP contribution in [0.25, 0.3) is 0 Å². The molecule has 0 saturated carbocycles. The first-order chi connectivity index (χ1) is 10.6. The number of piperazine rings is 1. The molecule has 0 radical (unpaired) electrons. The van der Waals surface area contributed by atoms with Gasteiger partial charge in [-0.15, -0.1) is 12.4 Å². The second-order valence-electron chi connectivity index (χ2n) is 5.64. The topological polar surface area (TPSA) is 44.8 Å². The number of carbonyl (C=O) groups excluding carboxylic acids is 1. The van der Waals surface area contributed by atoms with Crippen LogP contribution in [-0.4, -0.2) is 68.1 Å². The van der Waals surface area contributed by atoms with E-state index in [0.29, 0.717) is 30.8 Å². The van der Waals surface area contributed by atoms with Crippen LogP contribution < -0.4 is 10.1 Å². The summed E-state index contributed by atoms with van der Waals surface area (Å²) in [6.45, 7) is 6.46. The van der Waals surface area contributed by atoms with Gasteiger partial charge in [0, 0.05) is 37.7 Å². The minimum atomic E-state index is 0. The summed E-state index contributed by atoms with van der Waals surface area (Å²) in [4.78, 5) is 16.2. The zero-order valence-electron chi connectivity index (χ0n) is 13.6. The number of amides is 1. The molecular formula is C16H25Cl2N3O2. The van der Waals surface area contributed by atoms with Gasteiger partial charge in [0.25, 0.3) is 0 Å². The molecule has 1 aliphatic rings. The van der Waals surface area contributed by atoms with E-state index in [9.17, 15) is 4.79 Å². The summed E-state index contributed by atoms with van der Waals surface area (Å²) < 4.78 is 5.62. The Labute approximate surface area is 149 Å². The first-order valence-electron chi connectivity index (χ1n) is 7.63. The molecule has 1 aromatic carbocycles. The number of ether oxygens (including phenoxy) is 1. The molecule has 0 aliphatic carbocycles. The lowest BCUT2D eigenvalue weighted by Gasteiger charge is -2.34. The van der Waals surface area contributed by atoms with Crippen LogP contribution >= 0.6 is 24.0 Å². The van der Waals surface area contributed by atoms with E-state index >= 15 is 0 Å². The number of rotatable bonds is 6. The van der Waals surface area contributed by atoms with Gasteiger partial charge in [0.05, 0.1) is 13.1 Å². The van der Waals surface area contributed by atoms with Crippen molar-refractivity contribution < 1.29 is 9.53 Å². The van der Waals surface area contributed by atoms with Gasteiger partial charge in [-0.2, -0.15) is 0 Å². The van der Waals surface area contributed by atoms with Gasteiger partial charge in [-0.1, -0.05) is 11.6 Å². The molecular weight excluding hydrogens is 337 g/mol. The fourth-order valence-electron chi connectivity index (χ4n) is 2.37. The highest BCUT2D eigenvalue weighted by atomic mass is 35.5. The number of halogens is 2. The smallest absolute Gasteiger partial charge is 0.236 e. The number of carbonyl (C=O) groups is 1. The van der Waals surface area contributed by atoms with E-state index in [0.717, 1.165) is 25.4 Å². The van der Waals surface area contributed by atoms with Crippen molar-refractivity contribution in [3.05, 3.63) is 29.3 Å². The third-order valence-corrected chi connectivity index (χ3v) is 4.16. The van der Waals surface area contributed by atoms with Gasteiger partial charge in [0.15, 0.2) is 0 Å². The molecule has 23 heavy (non-hydrogen) atoms. The van der Waals surface area contributed by atoms with E-state index < -0.39 is 0 Å². The van der Waals surface area contributed by atoms with Crippen molar-refractivity contribution >= 4 is 29.9 Å². The van der Waals surface area contributed by atoms with E-state index in [1.807, 2.05) is 19.2 Å². The van der Waals surface area contributed by atoms with Gasteiger partial charge in [-0.25, -0.2) is 0 Å². The van der Waals surface area contributed by atoms with Gasteiger partial charge >= 0.3 is 0 Å². The number of nitrogens with zero attached hydrogens (tertiary/aromatic N) is 2. The summed E-state index contributed by atoms with van der Waals surface area (Å²) >= 11 is 5.82. The summed E-state index contributed by atoms with van der Waals surface area (Å²) in [6, 6.07) is 7.63. The zero-order valence-corrected chi connectivity index (χ0v) is 15.2. The number of likely N-dealkylation sites (N-methyl/N-ethyl adjacent to an activating group) is 1. The van der Waals surface area contributed by atoms with Crippen LogP contribution in [-0.2, 0) is 4.79 Å². The highest BCUT2D eigenvalue weighted by Crippen LogP contribution is 2.15. The van der Waals surface area contributed by atoms with E-state index in [-0.39, 0.29) is 18.3 Å². The van der Waals surface area contributed by atoms with Gasteiger partial charge in [-0.3, -0.25) is 9.69 Å². The normalized spacial score (nSPS) is 18.1. The van der Waals surface area contributed by atoms with Crippen molar-refractivity contribution in [1.29, 1.82) is 0 Å². The molecule has 0 spiro atoms. The van der Waals surface area contributed by atoms with Crippen molar-refractivity contribution in [2.45, 2.75) is 13.0 Å². The quantitative estimate of drug-likeness (QED) is 0.840. The first kappa shape index (κ1) is 20.0. The molecule has 7 heteroatoms. The number of hydrogen-bond donors (Lipinski definition) is 1. The molecule has 1 amide bonds. The molecule has 1 heterocycles. The van der Waals surface area contributed by atoms with E-state index in [4.69, 9.17) is 16.3 Å². The maximum atomic E-state index is 12.2. The third-order valence-electron chi connectivity index (χ3n) is 3.91. The molecule has 1 saturated heterocycles. The Balaban J connectivity index is 0.00000264. The summed E-state index contributed by atoms with van der Waals surface area (Å²) in [5.41, 5.74) is 0. The van der Waals surface area contributed by atoms with E-state index in [2.05, 4.69) is 17.1 Å². The van der Waals surface area contributed by atoms with Crippen molar-refractivity contribution in [3.63, 3.8) is 0 Å². The molecule has 5 nitrogen and oxygen atoms in total. The van der Waals surface area contributed by atoms with Crippen LogP contribution in [0.1, 0.15) is 6.92 Å². The van der Waals surface area contributed by atoms with Gasteiger partial charge in [0.2, 0.25) is 5.91 Å². The lowest BCUT2D eigenvalue weighted by Crippen LogP contribution is -2.53. The molecule has 1 atom stereocenters. The maximum Gasteiger partial charge on any atom is 0.236 e. The molecule has 1 aliphatic heterocycles. The maximum absolute atomic E-state index is 12.2. The first-order valence-corrected chi connectivity index (χ1v) is 8.01. The summed E-state index contributed by atoms with van der Waals surface area (Å²) in [5.74, 6) is 0.898. The fourth-order valence-corrected chi connectivity index (χ4v) is 2.49. The average molecular weight is 362 g/mol. The fraction of sp³-hybridized carbons (Fsp3) is 0.562. The third kappa shape index (κ3) is 6.55. The monoisotopic (exact) mass is 361 g/mol. The molecule has 0 bridgehead atoms. The van der Waals surface area contributed by atoms with Crippen molar-refractivity contribution in [1.82, 2.24) is 15.1 Å². The Morgan fingerprint density at radius 2 is 2.13 bits per heavy atom. The van der Waals surface area contributed by atoms with Crippen LogP contribution in [0.15, 0.2) is 24.3 Å². The second-order valence-corrected chi connectivity index (χ2v) is 6.08. The highest BCUT2D eigenvalue weighted by molar-refractivity contribution is 6.30. The molecule has 0 aromatic heterocycles. The molecule has 0 unspecified atom stereocenters. The molecule has 1 N–H and O–H groups in total. The number of nitrogens with one attached hydrogen (secondary N) is 1. The second kappa shape index (κ2) is 9.98.